The molecule has 2 N–H and O–H groups in total. The number of pyridine rings is 1. The molecular weight excluding hydrogens is 290 g/mol. The molecule has 0 fully saturated rings. The minimum Gasteiger partial charge on any atom is -0.326 e. The van der Waals surface area contributed by atoms with Crippen LogP contribution >= 0.6 is 11.6 Å². The summed E-state index contributed by atoms with van der Waals surface area (Å²) >= 11 is 5.67. The first-order valence-electron chi connectivity index (χ1n) is 6.41. The minimum atomic E-state index is -0.274. The first-order chi connectivity index (χ1) is 10.1. The Hall–Kier alpha value is -2.40. The predicted octanol–water partition coefficient (Wildman–Crippen LogP) is 3.34. The monoisotopic (exact) mass is 303 g/mol. The Labute approximate surface area is 127 Å². The van der Waals surface area contributed by atoms with E-state index in [1.807, 2.05) is 0 Å². The Balaban J connectivity index is 2.01. The van der Waals surface area contributed by atoms with Crippen LogP contribution in [0, 0.1) is 0 Å². The highest BCUT2D eigenvalue weighted by molar-refractivity contribution is 6.29. The molecule has 2 rings (SSSR count). The highest BCUT2D eigenvalue weighted by Gasteiger charge is 2.06. The van der Waals surface area contributed by atoms with Gasteiger partial charge in [-0.25, -0.2) is 4.98 Å². The molecule has 2 aromatic rings. The highest BCUT2D eigenvalue weighted by Crippen LogP contribution is 2.15. The summed E-state index contributed by atoms with van der Waals surface area (Å²) in [6, 6.07) is 10.0. The van der Waals surface area contributed by atoms with E-state index in [0.717, 1.165) is 0 Å². The molecule has 0 bridgehead atoms. The van der Waals surface area contributed by atoms with Crippen molar-refractivity contribution >= 4 is 34.8 Å². The first kappa shape index (κ1) is 15.0. The van der Waals surface area contributed by atoms with Gasteiger partial charge in [-0.05, 0) is 36.4 Å². The van der Waals surface area contributed by atoms with E-state index in [9.17, 15) is 9.59 Å². The Morgan fingerprint density at radius 2 is 1.67 bits per heavy atom. The topological polar surface area (TPSA) is 71.1 Å². The highest BCUT2D eigenvalue weighted by atomic mass is 35.5. The second-order valence-corrected chi connectivity index (χ2v) is 4.69. The average molecular weight is 304 g/mol. The summed E-state index contributed by atoms with van der Waals surface area (Å²) in [6.45, 7) is 1.78. The molecule has 0 atom stereocenters. The van der Waals surface area contributed by atoms with Gasteiger partial charge in [-0.15, -0.1) is 0 Å². The Morgan fingerprint density at radius 3 is 2.19 bits per heavy atom. The second-order valence-electron chi connectivity index (χ2n) is 4.30. The van der Waals surface area contributed by atoms with Gasteiger partial charge in [0.2, 0.25) is 5.91 Å². The molecule has 1 aromatic heterocycles. The van der Waals surface area contributed by atoms with E-state index in [-0.39, 0.29) is 11.8 Å². The van der Waals surface area contributed by atoms with Crippen LogP contribution in [0.25, 0.3) is 0 Å². The molecule has 1 heterocycles. The lowest BCUT2D eigenvalue weighted by molar-refractivity contribution is -0.115. The van der Waals surface area contributed by atoms with E-state index in [1.54, 1.807) is 43.3 Å². The molecule has 0 radical (unpaired) electrons. The SMILES string of the molecule is CCC(=O)Nc1ccc(NC(=O)c2ccc(Cl)nc2)cc1. The van der Waals surface area contributed by atoms with E-state index in [2.05, 4.69) is 15.6 Å². The number of halogens is 1. The molecule has 21 heavy (non-hydrogen) atoms. The zero-order chi connectivity index (χ0) is 15.2. The van der Waals surface area contributed by atoms with Crippen LogP contribution in [-0.4, -0.2) is 16.8 Å². The van der Waals surface area contributed by atoms with E-state index in [4.69, 9.17) is 11.6 Å². The smallest absolute Gasteiger partial charge is 0.257 e. The third kappa shape index (κ3) is 4.29. The zero-order valence-corrected chi connectivity index (χ0v) is 12.1. The van der Waals surface area contributed by atoms with Crippen molar-refractivity contribution in [2.75, 3.05) is 10.6 Å². The maximum atomic E-state index is 12.0. The van der Waals surface area contributed by atoms with Gasteiger partial charge < -0.3 is 10.6 Å². The minimum absolute atomic E-state index is 0.0565. The molecule has 5 nitrogen and oxygen atoms in total. The van der Waals surface area contributed by atoms with Gasteiger partial charge in [-0.2, -0.15) is 0 Å². The van der Waals surface area contributed by atoms with E-state index in [1.165, 1.54) is 6.20 Å². The van der Waals surface area contributed by atoms with Gasteiger partial charge in [0.15, 0.2) is 0 Å². The van der Waals surface area contributed by atoms with Crippen molar-refractivity contribution in [1.82, 2.24) is 4.98 Å². The fourth-order valence-corrected chi connectivity index (χ4v) is 1.71. The summed E-state index contributed by atoms with van der Waals surface area (Å²) in [5.41, 5.74) is 1.74. The number of nitrogens with one attached hydrogen (secondary N) is 2. The van der Waals surface area contributed by atoms with Crippen molar-refractivity contribution in [3.8, 4) is 0 Å². The summed E-state index contributed by atoms with van der Waals surface area (Å²) < 4.78 is 0. The van der Waals surface area contributed by atoms with Crippen molar-refractivity contribution < 1.29 is 9.59 Å². The lowest BCUT2D eigenvalue weighted by atomic mass is 10.2. The number of carbonyl (C=O) groups is 2. The normalized spacial score (nSPS) is 10.0. The lowest BCUT2D eigenvalue weighted by Crippen LogP contribution is -2.12. The summed E-state index contributed by atoms with van der Waals surface area (Å²) in [4.78, 5) is 27.1. The fourth-order valence-electron chi connectivity index (χ4n) is 1.60. The summed E-state index contributed by atoms with van der Waals surface area (Å²) in [5.74, 6) is -0.330. The van der Waals surface area contributed by atoms with Gasteiger partial charge in [0.1, 0.15) is 5.15 Å². The number of anilines is 2. The van der Waals surface area contributed by atoms with Gasteiger partial charge in [-0.1, -0.05) is 18.5 Å². The van der Waals surface area contributed by atoms with Crippen molar-refractivity contribution in [2.24, 2.45) is 0 Å². The lowest BCUT2D eigenvalue weighted by Gasteiger charge is -2.07. The standard InChI is InChI=1S/C15H14ClN3O2/c1-2-14(20)18-11-4-6-12(7-5-11)19-15(21)10-3-8-13(16)17-9-10/h3-9H,2H2,1H3,(H,18,20)(H,19,21). The second kappa shape index (κ2) is 6.85. The van der Waals surface area contributed by atoms with Gasteiger partial charge in [-0.3, -0.25) is 9.59 Å². The van der Waals surface area contributed by atoms with Gasteiger partial charge >= 0.3 is 0 Å². The number of hydrogen-bond acceptors (Lipinski definition) is 3. The average Bonchev–Trinajstić information content (AvgIpc) is 2.49. The number of hydrogen-bond donors (Lipinski definition) is 2. The molecule has 0 aliphatic heterocycles. The first-order valence-corrected chi connectivity index (χ1v) is 6.79. The molecule has 0 saturated carbocycles. The molecule has 0 unspecified atom stereocenters. The fraction of sp³-hybridized carbons (Fsp3) is 0.133. The van der Waals surface area contributed by atoms with Crippen LogP contribution in [0.3, 0.4) is 0 Å². The van der Waals surface area contributed by atoms with Crippen molar-refractivity contribution in [1.29, 1.82) is 0 Å². The van der Waals surface area contributed by atoms with Crippen molar-refractivity contribution in [3.05, 3.63) is 53.3 Å². The van der Waals surface area contributed by atoms with Crippen LogP contribution in [0.4, 0.5) is 11.4 Å². The van der Waals surface area contributed by atoms with E-state index >= 15 is 0 Å². The number of carbonyl (C=O) groups excluding carboxylic acids is 2. The molecule has 6 heteroatoms. The van der Waals surface area contributed by atoms with Crippen molar-refractivity contribution in [3.63, 3.8) is 0 Å². The van der Waals surface area contributed by atoms with Gasteiger partial charge in [0, 0.05) is 24.0 Å². The van der Waals surface area contributed by atoms with Crippen LogP contribution < -0.4 is 10.6 Å². The van der Waals surface area contributed by atoms with Crippen LogP contribution in [-0.2, 0) is 4.79 Å². The van der Waals surface area contributed by atoms with Crippen LogP contribution in [0.2, 0.25) is 5.15 Å². The molecular formula is C15H14ClN3O2. The Morgan fingerprint density at radius 1 is 1.05 bits per heavy atom. The molecule has 0 aliphatic carbocycles. The number of nitrogens with zero attached hydrogens (tertiary/aromatic N) is 1. The third-order valence-corrected chi connectivity index (χ3v) is 2.96. The molecule has 0 aliphatic rings. The molecule has 0 spiro atoms. The van der Waals surface area contributed by atoms with Gasteiger partial charge in [0.25, 0.3) is 5.91 Å². The van der Waals surface area contributed by atoms with Crippen molar-refractivity contribution in [2.45, 2.75) is 13.3 Å². The van der Waals surface area contributed by atoms with Crippen LogP contribution in [0.1, 0.15) is 23.7 Å². The maximum Gasteiger partial charge on any atom is 0.257 e. The number of benzene rings is 1. The largest absolute Gasteiger partial charge is 0.326 e. The summed E-state index contributed by atoms with van der Waals surface area (Å²) in [7, 11) is 0. The quantitative estimate of drug-likeness (QED) is 0.851. The van der Waals surface area contributed by atoms with Gasteiger partial charge in [0.05, 0.1) is 5.56 Å². The van der Waals surface area contributed by atoms with Crippen LogP contribution in [0.5, 0.6) is 0 Å². The Kier molecular flexibility index (Phi) is 4.90. The Bertz CT molecular complexity index is 639. The zero-order valence-electron chi connectivity index (χ0n) is 11.4. The van der Waals surface area contributed by atoms with Crippen LogP contribution in [0.15, 0.2) is 42.6 Å². The third-order valence-electron chi connectivity index (χ3n) is 2.74. The van der Waals surface area contributed by atoms with E-state index < -0.39 is 0 Å². The van der Waals surface area contributed by atoms with E-state index in [0.29, 0.717) is 28.5 Å². The number of aromatic nitrogens is 1. The summed E-state index contributed by atoms with van der Waals surface area (Å²) in [6.07, 6.45) is 1.83. The number of amides is 2. The molecule has 108 valence electrons. The maximum absolute atomic E-state index is 12.0. The predicted molar refractivity (Wildman–Crippen MR) is 82.6 cm³/mol. The number of rotatable bonds is 4. The molecule has 0 saturated heterocycles. The summed E-state index contributed by atoms with van der Waals surface area (Å²) in [5, 5.41) is 5.81. The molecule has 2 amide bonds. The molecule has 1 aromatic carbocycles.